The molecule has 3 heteroatoms. The first-order valence-electron chi connectivity index (χ1n) is 4.98. The molecule has 1 aliphatic heterocycles. The minimum Gasteiger partial charge on any atom is -0.314 e. The van der Waals surface area contributed by atoms with Gasteiger partial charge in [0.1, 0.15) is 0 Å². The van der Waals surface area contributed by atoms with E-state index in [0.717, 1.165) is 18.1 Å². The summed E-state index contributed by atoms with van der Waals surface area (Å²) in [5.74, 6) is 0. The molecule has 1 unspecified atom stereocenters. The molecule has 1 atom stereocenters. The van der Waals surface area contributed by atoms with Crippen molar-refractivity contribution in [1.29, 1.82) is 0 Å². The Labute approximate surface area is 89.7 Å². The fraction of sp³-hybridized carbons (Fsp3) is 0.455. The highest BCUT2D eigenvalue weighted by atomic mass is 35.5. The van der Waals surface area contributed by atoms with Gasteiger partial charge < -0.3 is 10.6 Å². The molecule has 2 rings (SSSR count). The Bertz CT molecular complexity index is 293. The molecule has 2 nitrogen and oxygen atoms in total. The van der Waals surface area contributed by atoms with Crippen molar-refractivity contribution in [2.45, 2.75) is 19.0 Å². The highest BCUT2D eigenvalue weighted by Crippen LogP contribution is 2.16. The van der Waals surface area contributed by atoms with Crippen LogP contribution in [0.1, 0.15) is 18.5 Å². The first-order valence-corrected chi connectivity index (χ1v) is 5.36. The Balaban J connectivity index is 1.95. The standard InChI is InChI=1S/C11H15ClN2/c1-8(14-11-6-13-7-11)9-2-4-10(12)5-3-9/h2-5,8,11,13-14H,6-7H2,1H3. The van der Waals surface area contributed by atoms with Crippen LogP contribution in [0.15, 0.2) is 24.3 Å². The van der Waals surface area contributed by atoms with Gasteiger partial charge in [0.05, 0.1) is 0 Å². The second kappa shape index (κ2) is 4.30. The zero-order chi connectivity index (χ0) is 9.97. The molecule has 1 fully saturated rings. The lowest BCUT2D eigenvalue weighted by Gasteiger charge is -2.31. The van der Waals surface area contributed by atoms with Gasteiger partial charge in [-0.3, -0.25) is 0 Å². The monoisotopic (exact) mass is 210 g/mol. The van der Waals surface area contributed by atoms with Crippen molar-refractivity contribution >= 4 is 11.6 Å². The fourth-order valence-electron chi connectivity index (χ4n) is 1.61. The summed E-state index contributed by atoms with van der Waals surface area (Å²) in [5, 5.41) is 7.59. The molecule has 0 aromatic heterocycles. The zero-order valence-corrected chi connectivity index (χ0v) is 9.01. The predicted octanol–water partition coefficient (Wildman–Crippen LogP) is 1.96. The van der Waals surface area contributed by atoms with Gasteiger partial charge >= 0.3 is 0 Å². The lowest BCUT2D eigenvalue weighted by molar-refractivity contribution is 0.338. The number of rotatable bonds is 3. The summed E-state index contributed by atoms with van der Waals surface area (Å²) in [6, 6.07) is 9.06. The van der Waals surface area contributed by atoms with Crippen LogP contribution in [0.25, 0.3) is 0 Å². The van der Waals surface area contributed by atoms with E-state index in [-0.39, 0.29) is 0 Å². The molecule has 1 aromatic rings. The van der Waals surface area contributed by atoms with Gasteiger partial charge in [-0.15, -0.1) is 0 Å². The summed E-state index contributed by atoms with van der Waals surface area (Å²) in [7, 11) is 0. The molecule has 2 N–H and O–H groups in total. The highest BCUT2D eigenvalue weighted by molar-refractivity contribution is 6.30. The van der Waals surface area contributed by atoms with Crippen molar-refractivity contribution in [3.05, 3.63) is 34.9 Å². The van der Waals surface area contributed by atoms with E-state index in [1.807, 2.05) is 12.1 Å². The summed E-state index contributed by atoms with van der Waals surface area (Å²) in [4.78, 5) is 0. The third-order valence-corrected chi connectivity index (χ3v) is 2.89. The van der Waals surface area contributed by atoms with E-state index in [1.54, 1.807) is 0 Å². The van der Waals surface area contributed by atoms with Crippen molar-refractivity contribution in [3.63, 3.8) is 0 Å². The molecule has 14 heavy (non-hydrogen) atoms. The number of benzene rings is 1. The third kappa shape index (κ3) is 2.27. The average molecular weight is 211 g/mol. The van der Waals surface area contributed by atoms with Crippen LogP contribution in [0.2, 0.25) is 5.02 Å². The lowest BCUT2D eigenvalue weighted by atomic mass is 10.1. The molecule has 0 aliphatic carbocycles. The van der Waals surface area contributed by atoms with Crippen LogP contribution in [0.5, 0.6) is 0 Å². The fourth-order valence-corrected chi connectivity index (χ4v) is 1.73. The maximum atomic E-state index is 5.83. The number of hydrogen-bond donors (Lipinski definition) is 2. The Morgan fingerprint density at radius 3 is 2.50 bits per heavy atom. The van der Waals surface area contributed by atoms with Crippen molar-refractivity contribution in [3.8, 4) is 0 Å². The summed E-state index contributed by atoms with van der Waals surface area (Å²) in [6.07, 6.45) is 0. The molecule has 0 bridgehead atoms. The minimum atomic E-state index is 0.402. The molecule has 0 amide bonds. The molecular weight excluding hydrogens is 196 g/mol. The van der Waals surface area contributed by atoms with Crippen LogP contribution in [-0.4, -0.2) is 19.1 Å². The van der Waals surface area contributed by atoms with E-state index >= 15 is 0 Å². The Morgan fingerprint density at radius 2 is 2.00 bits per heavy atom. The normalized spacial score (nSPS) is 19.0. The molecule has 1 aliphatic rings. The number of halogens is 1. The maximum Gasteiger partial charge on any atom is 0.0406 e. The Hall–Kier alpha value is -0.570. The quantitative estimate of drug-likeness (QED) is 0.797. The van der Waals surface area contributed by atoms with Crippen LogP contribution in [-0.2, 0) is 0 Å². The van der Waals surface area contributed by atoms with Gasteiger partial charge in [-0.2, -0.15) is 0 Å². The molecule has 1 heterocycles. The lowest BCUT2D eigenvalue weighted by Crippen LogP contribution is -2.55. The van der Waals surface area contributed by atoms with Gasteiger partial charge in [-0.05, 0) is 24.6 Å². The van der Waals surface area contributed by atoms with Gasteiger partial charge in [-0.1, -0.05) is 23.7 Å². The van der Waals surface area contributed by atoms with E-state index < -0.39 is 0 Å². The van der Waals surface area contributed by atoms with E-state index in [1.165, 1.54) is 5.56 Å². The van der Waals surface area contributed by atoms with Crippen LogP contribution in [0.4, 0.5) is 0 Å². The third-order valence-electron chi connectivity index (χ3n) is 2.64. The second-order valence-corrected chi connectivity index (χ2v) is 4.23. The minimum absolute atomic E-state index is 0.402. The Morgan fingerprint density at radius 1 is 1.36 bits per heavy atom. The second-order valence-electron chi connectivity index (χ2n) is 3.80. The zero-order valence-electron chi connectivity index (χ0n) is 8.26. The maximum absolute atomic E-state index is 5.83. The molecule has 1 aromatic carbocycles. The number of nitrogens with one attached hydrogen (secondary N) is 2. The summed E-state index contributed by atoms with van der Waals surface area (Å²) >= 11 is 5.83. The average Bonchev–Trinajstić information content (AvgIpc) is 2.12. The van der Waals surface area contributed by atoms with Gasteiger partial charge in [0.2, 0.25) is 0 Å². The smallest absolute Gasteiger partial charge is 0.0406 e. The largest absolute Gasteiger partial charge is 0.314 e. The van der Waals surface area contributed by atoms with Gasteiger partial charge in [0.25, 0.3) is 0 Å². The van der Waals surface area contributed by atoms with Crippen LogP contribution in [0.3, 0.4) is 0 Å². The molecule has 0 radical (unpaired) electrons. The Kier molecular flexibility index (Phi) is 3.06. The molecule has 1 saturated heterocycles. The first kappa shape index (κ1) is 9.97. The summed E-state index contributed by atoms with van der Waals surface area (Å²) < 4.78 is 0. The van der Waals surface area contributed by atoms with E-state index in [9.17, 15) is 0 Å². The van der Waals surface area contributed by atoms with Crippen LogP contribution < -0.4 is 10.6 Å². The topological polar surface area (TPSA) is 24.1 Å². The summed E-state index contributed by atoms with van der Waals surface area (Å²) in [5.41, 5.74) is 1.29. The molecule has 0 spiro atoms. The van der Waals surface area contributed by atoms with Crippen LogP contribution in [0, 0.1) is 0 Å². The predicted molar refractivity (Wildman–Crippen MR) is 59.7 cm³/mol. The summed E-state index contributed by atoms with van der Waals surface area (Å²) in [6.45, 7) is 4.34. The highest BCUT2D eigenvalue weighted by Gasteiger charge is 2.18. The number of hydrogen-bond acceptors (Lipinski definition) is 2. The van der Waals surface area contributed by atoms with E-state index in [4.69, 9.17) is 11.6 Å². The van der Waals surface area contributed by atoms with E-state index in [2.05, 4.69) is 29.7 Å². The first-order chi connectivity index (χ1) is 6.75. The van der Waals surface area contributed by atoms with Gasteiger partial charge in [-0.25, -0.2) is 0 Å². The van der Waals surface area contributed by atoms with Crippen molar-refractivity contribution in [2.75, 3.05) is 13.1 Å². The van der Waals surface area contributed by atoms with Crippen LogP contribution >= 0.6 is 11.6 Å². The molecule has 0 saturated carbocycles. The van der Waals surface area contributed by atoms with Gasteiger partial charge in [0, 0.05) is 30.2 Å². The van der Waals surface area contributed by atoms with Crippen molar-refractivity contribution < 1.29 is 0 Å². The SMILES string of the molecule is CC(NC1CNC1)c1ccc(Cl)cc1. The van der Waals surface area contributed by atoms with Gasteiger partial charge in [0.15, 0.2) is 0 Å². The van der Waals surface area contributed by atoms with Crippen molar-refractivity contribution in [1.82, 2.24) is 10.6 Å². The molecular formula is C11H15ClN2. The van der Waals surface area contributed by atoms with Crippen molar-refractivity contribution in [2.24, 2.45) is 0 Å². The van der Waals surface area contributed by atoms with E-state index in [0.29, 0.717) is 12.1 Å². The molecule has 76 valence electrons.